The third-order valence-electron chi connectivity index (χ3n) is 4.72. The third kappa shape index (κ3) is 5.17. The van der Waals surface area contributed by atoms with Gasteiger partial charge in [-0.25, -0.2) is 4.68 Å². The topological polar surface area (TPSA) is 57.3 Å². The molecule has 0 N–H and O–H groups in total. The molecule has 164 valence electrons. The van der Waals surface area contributed by atoms with Crippen molar-refractivity contribution in [3.8, 4) is 28.5 Å². The number of aryl methyl sites for hydroxylation is 1. The number of ether oxygens (including phenoxy) is 3. The van der Waals surface area contributed by atoms with Crippen LogP contribution in [0.4, 0.5) is 0 Å². The molecular formula is C24H29N3O3S. The van der Waals surface area contributed by atoms with E-state index in [9.17, 15) is 0 Å². The Labute approximate surface area is 187 Å². The van der Waals surface area contributed by atoms with Gasteiger partial charge in [0.15, 0.2) is 11.5 Å². The van der Waals surface area contributed by atoms with Gasteiger partial charge in [-0.3, -0.25) is 4.99 Å². The Balaban J connectivity index is 2.13. The molecule has 0 aliphatic heterocycles. The Hall–Kier alpha value is -3.06. The Kier molecular flexibility index (Phi) is 7.52. The minimum atomic E-state index is 0.150. The van der Waals surface area contributed by atoms with Gasteiger partial charge in [-0.1, -0.05) is 31.2 Å². The van der Waals surface area contributed by atoms with E-state index in [0.29, 0.717) is 17.2 Å². The first-order chi connectivity index (χ1) is 15.0. The zero-order chi connectivity index (χ0) is 22.4. The van der Waals surface area contributed by atoms with Gasteiger partial charge in [-0.15, -0.1) is 11.3 Å². The molecule has 0 saturated heterocycles. The minimum Gasteiger partial charge on any atom is -0.493 e. The lowest BCUT2D eigenvalue weighted by molar-refractivity contribution is 0.324. The molecule has 0 aliphatic rings. The lowest BCUT2D eigenvalue weighted by Crippen LogP contribution is -2.14. The SMILES string of the molecule is CCc1ccc(C=Nn2c(-c3cc(OC)c(OC)c(OC)c3)csc2=NC(C)C)cc1. The van der Waals surface area contributed by atoms with E-state index >= 15 is 0 Å². The molecule has 3 aromatic rings. The summed E-state index contributed by atoms with van der Waals surface area (Å²) in [4.78, 5) is 5.56. The van der Waals surface area contributed by atoms with Crippen molar-refractivity contribution in [2.24, 2.45) is 10.1 Å². The van der Waals surface area contributed by atoms with E-state index in [1.165, 1.54) is 5.56 Å². The van der Waals surface area contributed by atoms with Gasteiger partial charge in [0, 0.05) is 17.0 Å². The summed E-state index contributed by atoms with van der Waals surface area (Å²) in [5.74, 6) is 1.74. The summed E-state index contributed by atoms with van der Waals surface area (Å²) >= 11 is 1.55. The fraction of sp³-hybridized carbons (Fsp3) is 0.333. The molecule has 6 nitrogen and oxygen atoms in total. The van der Waals surface area contributed by atoms with Crippen LogP contribution in [0.1, 0.15) is 31.9 Å². The first-order valence-corrected chi connectivity index (χ1v) is 11.1. The average Bonchev–Trinajstić information content (AvgIpc) is 3.18. The molecule has 7 heteroatoms. The van der Waals surface area contributed by atoms with Crippen molar-refractivity contribution in [1.82, 2.24) is 4.68 Å². The van der Waals surface area contributed by atoms with Crippen molar-refractivity contribution in [3.05, 3.63) is 57.7 Å². The van der Waals surface area contributed by atoms with E-state index in [4.69, 9.17) is 24.3 Å². The van der Waals surface area contributed by atoms with Gasteiger partial charge in [-0.2, -0.15) is 5.10 Å². The Morgan fingerprint density at radius 1 is 1.00 bits per heavy atom. The van der Waals surface area contributed by atoms with Crippen LogP contribution in [-0.4, -0.2) is 38.3 Å². The highest BCUT2D eigenvalue weighted by Crippen LogP contribution is 2.41. The number of nitrogens with zero attached hydrogens (tertiary/aromatic N) is 3. The molecule has 0 aliphatic carbocycles. The summed E-state index contributed by atoms with van der Waals surface area (Å²) in [6.07, 6.45) is 2.87. The van der Waals surface area contributed by atoms with Gasteiger partial charge >= 0.3 is 0 Å². The van der Waals surface area contributed by atoms with Crippen molar-refractivity contribution in [1.29, 1.82) is 0 Å². The Bertz CT molecular complexity index is 1090. The van der Waals surface area contributed by atoms with Crippen LogP contribution < -0.4 is 19.0 Å². The van der Waals surface area contributed by atoms with Crippen LogP contribution in [0.3, 0.4) is 0 Å². The predicted molar refractivity (Wildman–Crippen MR) is 127 cm³/mol. The highest BCUT2D eigenvalue weighted by molar-refractivity contribution is 7.07. The molecule has 0 radical (unpaired) electrons. The molecule has 0 spiro atoms. The third-order valence-corrected chi connectivity index (χ3v) is 5.55. The number of rotatable bonds is 8. The second kappa shape index (κ2) is 10.3. The molecule has 1 heterocycles. The van der Waals surface area contributed by atoms with Crippen LogP contribution in [0.15, 0.2) is 51.9 Å². The van der Waals surface area contributed by atoms with Crippen molar-refractivity contribution in [3.63, 3.8) is 0 Å². The number of aromatic nitrogens is 1. The van der Waals surface area contributed by atoms with E-state index in [0.717, 1.165) is 28.0 Å². The normalized spacial score (nSPS) is 12.0. The number of hydrogen-bond acceptors (Lipinski definition) is 6. The molecule has 3 rings (SSSR count). The van der Waals surface area contributed by atoms with Crippen LogP contribution in [0.2, 0.25) is 0 Å². The number of thiazole rings is 1. The maximum atomic E-state index is 5.53. The number of methoxy groups -OCH3 is 3. The maximum Gasteiger partial charge on any atom is 0.206 e. The number of benzene rings is 2. The molecule has 2 aromatic carbocycles. The van der Waals surface area contributed by atoms with E-state index < -0.39 is 0 Å². The summed E-state index contributed by atoms with van der Waals surface area (Å²) < 4.78 is 18.4. The van der Waals surface area contributed by atoms with Gasteiger partial charge in [0.2, 0.25) is 10.6 Å². The zero-order valence-corrected chi connectivity index (χ0v) is 19.7. The summed E-state index contributed by atoms with van der Waals surface area (Å²) in [7, 11) is 4.82. The van der Waals surface area contributed by atoms with Gasteiger partial charge < -0.3 is 14.2 Å². The molecule has 0 saturated carbocycles. The van der Waals surface area contributed by atoms with Crippen molar-refractivity contribution in [2.45, 2.75) is 33.2 Å². The first kappa shape index (κ1) is 22.6. The molecule has 0 unspecified atom stereocenters. The second-order valence-corrected chi connectivity index (χ2v) is 8.03. The lowest BCUT2D eigenvalue weighted by atomic mass is 10.1. The summed E-state index contributed by atoms with van der Waals surface area (Å²) in [6, 6.07) is 12.4. The van der Waals surface area contributed by atoms with Crippen LogP contribution in [0.25, 0.3) is 11.3 Å². The molecule has 0 bridgehead atoms. The fourth-order valence-corrected chi connectivity index (χ4v) is 4.08. The quantitative estimate of drug-likeness (QED) is 0.464. The minimum absolute atomic E-state index is 0.150. The highest BCUT2D eigenvalue weighted by Gasteiger charge is 2.17. The zero-order valence-electron chi connectivity index (χ0n) is 18.9. The van der Waals surface area contributed by atoms with Crippen LogP contribution in [0, 0.1) is 0 Å². The summed E-state index contributed by atoms with van der Waals surface area (Å²) in [5.41, 5.74) is 4.12. The van der Waals surface area contributed by atoms with Crippen LogP contribution in [0.5, 0.6) is 17.2 Å². The van der Waals surface area contributed by atoms with Crippen LogP contribution >= 0.6 is 11.3 Å². The van der Waals surface area contributed by atoms with Gasteiger partial charge in [0.1, 0.15) is 0 Å². The van der Waals surface area contributed by atoms with E-state index in [1.807, 2.05) is 28.4 Å². The Morgan fingerprint density at radius 2 is 1.65 bits per heavy atom. The first-order valence-electron chi connectivity index (χ1n) is 10.2. The second-order valence-electron chi connectivity index (χ2n) is 7.19. The molecule has 1 aromatic heterocycles. The average molecular weight is 440 g/mol. The molecule has 31 heavy (non-hydrogen) atoms. The van der Waals surface area contributed by atoms with E-state index in [-0.39, 0.29) is 6.04 Å². The number of hydrogen-bond donors (Lipinski definition) is 0. The summed E-state index contributed by atoms with van der Waals surface area (Å²) in [6.45, 7) is 6.25. The van der Waals surface area contributed by atoms with Crippen molar-refractivity contribution in [2.75, 3.05) is 21.3 Å². The lowest BCUT2D eigenvalue weighted by Gasteiger charge is -2.14. The monoisotopic (exact) mass is 439 g/mol. The predicted octanol–water partition coefficient (Wildman–Crippen LogP) is 5.00. The molecular weight excluding hydrogens is 410 g/mol. The van der Waals surface area contributed by atoms with E-state index in [1.54, 1.807) is 32.7 Å². The molecule has 0 fully saturated rings. The fourth-order valence-electron chi connectivity index (χ4n) is 3.11. The largest absolute Gasteiger partial charge is 0.493 e. The molecule has 0 amide bonds. The standard InChI is InChI=1S/C24H29N3O3S/c1-7-17-8-10-18(11-9-17)14-25-27-20(15-31-24(27)26-16(2)3)19-12-21(28-4)23(30-6)22(13-19)29-5/h8-16H,7H2,1-6H3. The Morgan fingerprint density at radius 3 is 2.16 bits per heavy atom. The molecule has 0 atom stereocenters. The van der Waals surface area contributed by atoms with Gasteiger partial charge in [0.05, 0.1) is 33.2 Å². The van der Waals surface area contributed by atoms with E-state index in [2.05, 4.69) is 45.0 Å². The van der Waals surface area contributed by atoms with Crippen LogP contribution in [-0.2, 0) is 6.42 Å². The highest BCUT2D eigenvalue weighted by atomic mass is 32.1. The maximum absolute atomic E-state index is 5.53. The van der Waals surface area contributed by atoms with Crippen molar-refractivity contribution >= 4 is 17.6 Å². The van der Waals surface area contributed by atoms with Gasteiger partial charge in [0.25, 0.3) is 0 Å². The van der Waals surface area contributed by atoms with Crippen molar-refractivity contribution < 1.29 is 14.2 Å². The van der Waals surface area contributed by atoms with Gasteiger partial charge in [-0.05, 0) is 43.5 Å². The summed E-state index contributed by atoms with van der Waals surface area (Å²) in [5, 5.41) is 6.81. The smallest absolute Gasteiger partial charge is 0.206 e.